The van der Waals surface area contributed by atoms with Gasteiger partial charge in [-0.2, -0.15) is 0 Å². The monoisotopic (exact) mass is 364 g/mol. The number of aromatic nitrogens is 2. The van der Waals surface area contributed by atoms with E-state index in [9.17, 15) is 4.79 Å². The Hall–Kier alpha value is -3.02. The van der Waals surface area contributed by atoms with Gasteiger partial charge in [0.15, 0.2) is 0 Å². The van der Waals surface area contributed by atoms with Crippen molar-refractivity contribution in [2.75, 3.05) is 38.2 Å². The van der Waals surface area contributed by atoms with Crippen molar-refractivity contribution in [1.82, 2.24) is 14.3 Å². The molecule has 0 atom stereocenters. The Morgan fingerprint density at radius 1 is 1.15 bits per heavy atom. The zero-order valence-corrected chi connectivity index (χ0v) is 15.8. The first-order valence-corrected chi connectivity index (χ1v) is 9.24. The number of benzene rings is 1. The summed E-state index contributed by atoms with van der Waals surface area (Å²) >= 11 is 0. The first kappa shape index (κ1) is 17.4. The molecule has 6 nitrogen and oxygen atoms in total. The topological polar surface area (TPSA) is 50.1 Å². The number of methoxy groups -OCH3 is 1. The Morgan fingerprint density at radius 3 is 2.70 bits per heavy atom. The van der Waals surface area contributed by atoms with Gasteiger partial charge in [-0.05, 0) is 36.8 Å². The van der Waals surface area contributed by atoms with Crippen molar-refractivity contribution in [3.63, 3.8) is 0 Å². The van der Waals surface area contributed by atoms with E-state index in [1.54, 1.807) is 7.11 Å². The van der Waals surface area contributed by atoms with Gasteiger partial charge < -0.3 is 18.9 Å². The molecule has 1 fully saturated rings. The first-order chi connectivity index (χ1) is 13.1. The van der Waals surface area contributed by atoms with Gasteiger partial charge in [0.05, 0.1) is 24.9 Å². The fourth-order valence-electron chi connectivity index (χ4n) is 3.58. The third-order valence-corrected chi connectivity index (χ3v) is 5.06. The predicted octanol–water partition coefficient (Wildman–Crippen LogP) is 2.54. The lowest BCUT2D eigenvalue weighted by Crippen LogP contribution is -2.49. The van der Waals surface area contributed by atoms with E-state index in [4.69, 9.17) is 4.74 Å². The van der Waals surface area contributed by atoms with Crippen LogP contribution in [0.5, 0.6) is 5.75 Å². The number of hydrogen-bond acceptors (Lipinski definition) is 4. The van der Waals surface area contributed by atoms with E-state index in [1.807, 2.05) is 58.9 Å². The summed E-state index contributed by atoms with van der Waals surface area (Å²) in [5, 5.41) is 0. The third-order valence-electron chi connectivity index (χ3n) is 5.06. The highest BCUT2D eigenvalue weighted by Gasteiger charge is 2.23. The Morgan fingerprint density at radius 2 is 1.93 bits per heavy atom. The van der Waals surface area contributed by atoms with E-state index in [0.717, 1.165) is 35.9 Å². The predicted molar refractivity (Wildman–Crippen MR) is 105 cm³/mol. The van der Waals surface area contributed by atoms with E-state index in [-0.39, 0.29) is 5.91 Å². The number of ether oxygens (including phenoxy) is 1. The molecule has 0 radical (unpaired) electrons. The molecule has 1 saturated heterocycles. The first-order valence-electron chi connectivity index (χ1n) is 9.24. The van der Waals surface area contributed by atoms with Crippen LogP contribution in [0, 0.1) is 6.92 Å². The number of amides is 1. The number of aryl methyl sites for hydroxylation is 1. The van der Waals surface area contributed by atoms with Crippen molar-refractivity contribution in [2.45, 2.75) is 13.3 Å². The van der Waals surface area contributed by atoms with Gasteiger partial charge in [0.25, 0.3) is 0 Å². The molecule has 1 aromatic carbocycles. The number of hydrogen-bond donors (Lipinski definition) is 0. The fraction of sp³-hybridized carbons (Fsp3) is 0.333. The Labute approximate surface area is 159 Å². The van der Waals surface area contributed by atoms with Crippen molar-refractivity contribution >= 4 is 17.2 Å². The standard InChI is InChI=1S/C21H24N4O2/c1-16-7-8-25-15-17(22-20(25)13-16)14-21(26)24-11-9-23(10-12-24)18-5-3-4-6-19(18)27-2/h3-8,13,15H,9-12,14H2,1-2H3. The second kappa shape index (κ2) is 7.31. The molecule has 0 spiro atoms. The maximum absolute atomic E-state index is 12.7. The van der Waals surface area contributed by atoms with Crippen LogP contribution >= 0.6 is 0 Å². The van der Waals surface area contributed by atoms with Gasteiger partial charge in [-0.3, -0.25) is 4.79 Å². The summed E-state index contributed by atoms with van der Waals surface area (Å²) < 4.78 is 7.42. The molecule has 0 N–H and O–H groups in total. The molecule has 140 valence electrons. The van der Waals surface area contributed by atoms with Gasteiger partial charge in [-0.25, -0.2) is 4.98 Å². The molecule has 27 heavy (non-hydrogen) atoms. The number of piperazine rings is 1. The molecular weight excluding hydrogens is 340 g/mol. The zero-order valence-electron chi connectivity index (χ0n) is 15.8. The highest BCUT2D eigenvalue weighted by Crippen LogP contribution is 2.28. The van der Waals surface area contributed by atoms with Crippen molar-refractivity contribution in [3.05, 3.63) is 60.0 Å². The van der Waals surface area contributed by atoms with Gasteiger partial charge in [-0.15, -0.1) is 0 Å². The Bertz CT molecular complexity index is 958. The van der Waals surface area contributed by atoms with E-state index in [2.05, 4.69) is 16.0 Å². The van der Waals surface area contributed by atoms with E-state index < -0.39 is 0 Å². The van der Waals surface area contributed by atoms with E-state index >= 15 is 0 Å². The van der Waals surface area contributed by atoms with E-state index in [1.165, 1.54) is 5.56 Å². The lowest BCUT2D eigenvalue weighted by Gasteiger charge is -2.36. The number of nitrogens with zero attached hydrogens (tertiary/aromatic N) is 4. The van der Waals surface area contributed by atoms with Gasteiger partial charge in [0, 0.05) is 38.6 Å². The average Bonchev–Trinajstić information content (AvgIpc) is 3.09. The quantitative estimate of drug-likeness (QED) is 0.714. The molecule has 1 aliphatic heterocycles. The lowest BCUT2D eigenvalue weighted by molar-refractivity contribution is -0.130. The summed E-state index contributed by atoms with van der Waals surface area (Å²) in [5.41, 5.74) is 3.96. The minimum absolute atomic E-state index is 0.134. The molecule has 4 rings (SSSR count). The minimum Gasteiger partial charge on any atom is -0.495 e. The van der Waals surface area contributed by atoms with Gasteiger partial charge in [-0.1, -0.05) is 12.1 Å². The summed E-state index contributed by atoms with van der Waals surface area (Å²) in [4.78, 5) is 21.5. The second-order valence-corrected chi connectivity index (χ2v) is 6.92. The van der Waals surface area contributed by atoms with Crippen LogP contribution in [-0.4, -0.2) is 53.5 Å². The van der Waals surface area contributed by atoms with Crippen LogP contribution in [0.25, 0.3) is 5.65 Å². The number of imidazole rings is 1. The molecule has 2 aromatic heterocycles. The second-order valence-electron chi connectivity index (χ2n) is 6.92. The molecular formula is C21H24N4O2. The molecule has 6 heteroatoms. The van der Waals surface area contributed by atoms with Crippen LogP contribution in [0.4, 0.5) is 5.69 Å². The van der Waals surface area contributed by atoms with Crippen molar-refractivity contribution < 1.29 is 9.53 Å². The molecule has 0 unspecified atom stereocenters. The maximum atomic E-state index is 12.7. The number of rotatable bonds is 4. The number of anilines is 1. The largest absolute Gasteiger partial charge is 0.495 e. The lowest BCUT2D eigenvalue weighted by atomic mass is 10.2. The van der Waals surface area contributed by atoms with Crippen molar-refractivity contribution in [2.24, 2.45) is 0 Å². The van der Waals surface area contributed by atoms with Crippen molar-refractivity contribution in [3.8, 4) is 5.75 Å². The van der Waals surface area contributed by atoms with Crippen LogP contribution in [-0.2, 0) is 11.2 Å². The fourth-order valence-corrected chi connectivity index (χ4v) is 3.58. The van der Waals surface area contributed by atoms with E-state index in [0.29, 0.717) is 19.5 Å². The van der Waals surface area contributed by atoms with Crippen LogP contribution < -0.4 is 9.64 Å². The average molecular weight is 364 g/mol. The van der Waals surface area contributed by atoms with Crippen molar-refractivity contribution in [1.29, 1.82) is 0 Å². The summed E-state index contributed by atoms with van der Waals surface area (Å²) in [5.74, 6) is 1.01. The van der Waals surface area contributed by atoms with Gasteiger partial charge in [0.2, 0.25) is 5.91 Å². The third kappa shape index (κ3) is 3.60. The number of carbonyl (C=O) groups is 1. The molecule has 0 aliphatic carbocycles. The number of para-hydroxylation sites is 2. The number of pyridine rings is 1. The van der Waals surface area contributed by atoms with Gasteiger partial charge in [0.1, 0.15) is 11.4 Å². The van der Waals surface area contributed by atoms with Crippen LogP contribution in [0.3, 0.4) is 0 Å². The SMILES string of the molecule is COc1ccccc1N1CCN(C(=O)Cc2cn3ccc(C)cc3n2)CC1. The molecule has 3 aromatic rings. The minimum atomic E-state index is 0.134. The molecule has 1 aliphatic rings. The van der Waals surface area contributed by atoms with Crippen LogP contribution in [0.15, 0.2) is 48.8 Å². The summed E-state index contributed by atoms with van der Waals surface area (Å²) in [6.45, 7) is 5.07. The van der Waals surface area contributed by atoms with Gasteiger partial charge >= 0.3 is 0 Å². The Balaban J connectivity index is 1.39. The molecule has 3 heterocycles. The summed E-state index contributed by atoms with van der Waals surface area (Å²) in [7, 11) is 1.69. The summed E-state index contributed by atoms with van der Waals surface area (Å²) in [6.07, 6.45) is 4.27. The smallest absolute Gasteiger partial charge is 0.228 e. The molecule has 1 amide bonds. The highest BCUT2D eigenvalue weighted by atomic mass is 16.5. The maximum Gasteiger partial charge on any atom is 0.228 e. The number of carbonyl (C=O) groups excluding carboxylic acids is 1. The number of fused-ring (bicyclic) bond motifs is 1. The highest BCUT2D eigenvalue weighted by molar-refractivity contribution is 5.79. The summed E-state index contributed by atoms with van der Waals surface area (Å²) in [6, 6.07) is 12.1. The molecule has 0 saturated carbocycles. The normalized spacial score (nSPS) is 14.6. The van der Waals surface area contributed by atoms with Crippen LogP contribution in [0.1, 0.15) is 11.3 Å². The van der Waals surface area contributed by atoms with Crippen LogP contribution in [0.2, 0.25) is 0 Å². The zero-order chi connectivity index (χ0) is 18.8. The molecule has 0 bridgehead atoms. The Kier molecular flexibility index (Phi) is 4.71.